The summed E-state index contributed by atoms with van der Waals surface area (Å²) in [6, 6.07) is 0. The molecule has 0 saturated carbocycles. The number of allylic oxidation sites excluding steroid dienone is 17. The van der Waals surface area contributed by atoms with Gasteiger partial charge in [0.05, 0.1) is 0 Å². The van der Waals surface area contributed by atoms with Gasteiger partial charge in [0, 0.05) is 0 Å². The Kier molecular flexibility index (Phi) is 10.6. The number of Topliss-reactive ketones (excluding diaryl/α,β-unsaturated/α-hetero) is 1. The highest BCUT2D eigenvalue weighted by atomic mass is 16.7. The molecule has 0 spiro atoms. The monoisotopic (exact) mass is 488 g/mol. The molecule has 0 radical (unpaired) electrons. The lowest BCUT2D eigenvalue weighted by Gasteiger charge is -2.32. The van der Waals surface area contributed by atoms with Crippen LogP contribution in [0.1, 0.15) is 74.7 Å². The van der Waals surface area contributed by atoms with Crippen molar-refractivity contribution < 1.29 is 14.6 Å². The van der Waals surface area contributed by atoms with Gasteiger partial charge in [-0.1, -0.05) is 109 Å². The number of ether oxygens (including phenoxy) is 1. The topological polar surface area (TPSA) is 49.8 Å². The number of hydrogen-bond donors (Lipinski definition) is 1. The lowest BCUT2D eigenvalue weighted by molar-refractivity contribution is -0.118. The van der Waals surface area contributed by atoms with E-state index in [2.05, 4.69) is 71.1 Å². The molecule has 1 aliphatic heterocycles. The zero-order valence-corrected chi connectivity index (χ0v) is 23.4. The van der Waals surface area contributed by atoms with Crippen molar-refractivity contribution in [2.45, 2.75) is 86.5 Å². The van der Waals surface area contributed by atoms with E-state index in [4.69, 9.17) is 4.74 Å². The maximum Gasteiger partial charge on any atom is 0.223 e. The lowest BCUT2D eigenvalue weighted by atomic mass is 9.72. The number of carbonyl (C=O) groups excluding carboxylic acids is 1. The third kappa shape index (κ3) is 8.72. The van der Waals surface area contributed by atoms with Crippen LogP contribution in [0, 0.1) is 5.41 Å². The molecular weight excluding hydrogens is 444 g/mol. The predicted octanol–water partition coefficient (Wildman–Crippen LogP) is 8.20. The molecule has 0 aromatic rings. The van der Waals surface area contributed by atoms with E-state index in [0.29, 0.717) is 5.57 Å². The fourth-order valence-electron chi connectivity index (χ4n) is 4.43. The number of carbonyl (C=O) groups is 1. The van der Waals surface area contributed by atoms with Gasteiger partial charge < -0.3 is 9.84 Å². The van der Waals surface area contributed by atoms with E-state index < -0.39 is 11.9 Å². The van der Waals surface area contributed by atoms with Gasteiger partial charge in [-0.25, -0.2) is 0 Å². The Balaban J connectivity index is 1.87. The van der Waals surface area contributed by atoms with Crippen LogP contribution in [0.25, 0.3) is 0 Å². The van der Waals surface area contributed by atoms with Gasteiger partial charge in [-0.05, 0) is 77.4 Å². The maximum atomic E-state index is 11.3. The normalized spacial score (nSPS) is 26.3. The standard InChI is InChI=1S/C33H44O3/c1-24(16-11-17-26(3)21-22-30-27(4)19-13-23-32(30,7)8)14-9-10-15-25(2)18-12-20-28(5)33(35)31(36-33)29(6)34/h9-12,14-18,20-22,31,35H,13,19,23H2,1-8H3. The smallest absolute Gasteiger partial charge is 0.223 e. The van der Waals surface area contributed by atoms with Crippen molar-refractivity contribution in [2.75, 3.05) is 0 Å². The lowest BCUT2D eigenvalue weighted by Crippen LogP contribution is -2.19. The van der Waals surface area contributed by atoms with Crippen molar-refractivity contribution in [1.82, 2.24) is 0 Å². The summed E-state index contributed by atoms with van der Waals surface area (Å²) in [7, 11) is 0. The van der Waals surface area contributed by atoms with Gasteiger partial charge in [-0.15, -0.1) is 0 Å². The predicted molar refractivity (Wildman–Crippen MR) is 152 cm³/mol. The quantitative estimate of drug-likeness (QED) is 0.249. The Labute approximate surface area is 218 Å². The molecule has 1 aliphatic carbocycles. The molecule has 0 amide bonds. The van der Waals surface area contributed by atoms with Crippen LogP contribution in [-0.2, 0) is 9.53 Å². The molecule has 0 bridgehead atoms. The van der Waals surface area contributed by atoms with Crippen molar-refractivity contribution in [1.29, 1.82) is 0 Å². The molecule has 3 nitrogen and oxygen atoms in total. The van der Waals surface area contributed by atoms with E-state index >= 15 is 0 Å². The van der Waals surface area contributed by atoms with E-state index in [1.54, 1.807) is 13.0 Å². The molecule has 2 rings (SSSR count). The Morgan fingerprint density at radius 2 is 1.39 bits per heavy atom. The highest BCUT2D eigenvalue weighted by molar-refractivity contribution is 5.85. The molecule has 2 atom stereocenters. The highest BCUT2D eigenvalue weighted by Gasteiger charge is 2.59. The SMILES string of the molecule is CC(=O)C1OC1(O)C(C)=CC=CC(C)=CC=CC=C(C)C=CC=C(C)C=CC1=C(C)CCCC1(C)C. The minimum atomic E-state index is -1.43. The summed E-state index contributed by atoms with van der Waals surface area (Å²) in [6.45, 7) is 16.4. The summed E-state index contributed by atoms with van der Waals surface area (Å²) in [5.41, 5.74) is 7.39. The van der Waals surface area contributed by atoms with Gasteiger partial charge in [0.1, 0.15) is 0 Å². The number of aliphatic hydroxyl groups is 1. The van der Waals surface area contributed by atoms with Crippen molar-refractivity contribution in [3.63, 3.8) is 0 Å². The fourth-order valence-corrected chi connectivity index (χ4v) is 4.43. The van der Waals surface area contributed by atoms with Crippen molar-refractivity contribution >= 4 is 5.78 Å². The van der Waals surface area contributed by atoms with E-state index in [0.717, 1.165) is 5.57 Å². The summed E-state index contributed by atoms with van der Waals surface area (Å²) >= 11 is 0. The van der Waals surface area contributed by atoms with Crippen LogP contribution in [0.15, 0.2) is 106 Å². The van der Waals surface area contributed by atoms with Crippen LogP contribution < -0.4 is 0 Å². The number of epoxide rings is 1. The summed E-state index contributed by atoms with van der Waals surface area (Å²) < 4.78 is 5.13. The maximum absolute atomic E-state index is 11.3. The molecule has 1 heterocycles. The number of rotatable bonds is 10. The third-order valence-corrected chi connectivity index (χ3v) is 6.84. The first kappa shape index (κ1) is 29.5. The fraction of sp³-hybridized carbons (Fsp3) is 0.424. The molecule has 1 fully saturated rings. The largest absolute Gasteiger partial charge is 0.360 e. The minimum absolute atomic E-state index is 0.164. The Hall–Kier alpha value is -2.75. The summed E-state index contributed by atoms with van der Waals surface area (Å²) in [5, 5.41) is 10.2. The van der Waals surface area contributed by atoms with Gasteiger partial charge in [-0.3, -0.25) is 4.79 Å². The summed E-state index contributed by atoms with van der Waals surface area (Å²) in [4.78, 5) is 11.3. The first-order valence-electron chi connectivity index (χ1n) is 12.9. The van der Waals surface area contributed by atoms with Crippen LogP contribution in [0.3, 0.4) is 0 Å². The summed E-state index contributed by atoms with van der Waals surface area (Å²) in [5.74, 6) is -1.60. The molecule has 0 aromatic heterocycles. The molecule has 2 aliphatic rings. The highest BCUT2D eigenvalue weighted by Crippen LogP contribution is 2.41. The second kappa shape index (κ2) is 13.0. The Bertz CT molecular complexity index is 1100. The van der Waals surface area contributed by atoms with Crippen LogP contribution in [0.4, 0.5) is 0 Å². The Morgan fingerprint density at radius 1 is 0.861 bits per heavy atom. The number of hydrogen-bond acceptors (Lipinski definition) is 3. The molecule has 0 aromatic carbocycles. The Morgan fingerprint density at radius 3 is 1.92 bits per heavy atom. The van der Waals surface area contributed by atoms with E-state index in [9.17, 15) is 9.90 Å². The summed E-state index contributed by atoms with van der Waals surface area (Å²) in [6.07, 6.45) is 27.6. The zero-order chi connectivity index (χ0) is 26.9. The van der Waals surface area contributed by atoms with Gasteiger partial charge in [0.15, 0.2) is 11.9 Å². The molecule has 1 N–H and O–H groups in total. The number of ketones is 1. The van der Waals surface area contributed by atoms with Crippen molar-refractivity contribution in [2.24, 2.45) is 5.41 Å². The average molecular weight is 489 g/mol. The van der Waals surface area contributed by atoms with Crippen LogP contribution in [-0.4, -0.2) is 22.8 Å². The minimum Gasteiger partial charge on any atom is -0.360 e. The van der Waals surface area contributed by atoms with E-state index in [-0.39, 0.29) is 11.2 Å². The molecule has 194 valence electrons. The molecular formula is C33H44O3. The first-order valence-corrected chi connectivity index (χ1v) is 12.9. The molecule has 2 unspecified atom stereocenters. The van der Waals surface area contributed by atoms with Gasteiger partial charge >= 0.3 is 0 Å². The van der Waals surface area contributed by atoms with Crippen LogP contribution >= 0.6 is 0 Å². The molecule has 1 saturated heterocycles. The van der Waals surface area contributed by atoms with Gasteiger partial charge in [-0.2, -0.15) is 0 Å². The first-order chi connectivity index (χ1) is 16.9. The van der Waals surface area contributed by atoms with Crippen molar-refractivity contribution in [3.8, 4) is 0 Å². The molecule has 3 heteroatoms. The second-order valence-corrected chi connectivity index (χ2v) is 10.8. The third-order valence-electron chi connectivity index (χ3n) is 6.84. The van der Waals surface area contributed by atoms with Gasteiger partial charge in [0.25, 0.3) is 0 Å². The van der Waals surface area contributed by atoms with Crippen LogP contribution in [0.2, 0.25) is 0 Å². The van der Waals surface area contributed by atoms with E-state index in [1.165, 1.54) is 48.5 Å². The zero-order valence-electron chi connectivity index (χ0n) is 23.4. The second-order valence-electron chi connectivity index (χ2n) is 10.8. The van der Waals surface area contributed by atoms with Crippen molar-refractivity contribution in [3.05, 3.63) is 106 Å². The molecule has 36 heavy (non-hydrogen) atoms. The van der Waals surface area contributed by atoms with E-state index in [1.807, 2.05) is 37.3 Å². The van der Waals surface area contributed by atoms with Gasteiger partial charge in [0.2, 0.25) is 5.79 Å². The average Bonchev–Trinajstić information content (AvgIpc) is 3.49. The van der Waals surface area contributed by atoms with Crippen LogP contribution in [0.5, 0.6) is 0 Å².